The normalized spacial score (nSPS) is 18.3. The van der Waals surface area contributed by atoms with Crippen molar-refractivity contribution in [2.24, 2.45) is 0 Å². The zero-order valence-electron chi connectivity index (χ0n) is 13.0. The summed E-state index contributed by atoms with van der Waals surface area (Å²) >= 11 is 5.98. The molecule has 0 fully saturated rings. The Kier molecular flexibility index (Phi) is 4.91. The molecule has 1 aromatic carbocycles. The van der Waals surface area contributed by atoms with Crippen LogP contribution in [0.3, 0.4) is 0 Å². The number of hydrogen-bond acceptors (Lipinski definition) is 4. The molecule has 1 heterocycles. The van der Waals surface area contributed by atoms with Gasteiger partial charge in [-0.2, -0.15) is 0 Å². The van der Waals surface area contributed by atoms with Crippen LogP contribution in [0.25, 0.3) is 0 Å². The molecular weight excluding hydrogens is 302 g/mol. The van der Waals surface area contributed by atoms with Crippen LogP contribution in [0.4, 0.5) is 0 Å². The molecule has 0 aromatic heterocycles. The lowest BCUT2D eigenvalue weighted by Gasteiger charge is -2.22. The number of benzene rings is 1. The number of aliphatic hydroxyl groups is 1. The van der Waals surface area contributed by atoms with Gasteiger partial charge in [-0.1, -0.05) is 31.5 Å². The van der Waals surface area contributed by atoms with E-state index >= 15 is 0 Å². The van der Waals surface area contributed by atoms with Crippen LogP contribution < -0.4 is 0 Å². The van der Waals surface area contributed by atoms with Gasteiger partial charge in [0.15, 0.2) is 11.5 Å². The van der Waals surface area contributed by atoms with Gasteiger partial charge in [0.1, 0.15) is 6.04 Å². The fourth-order valence-corrected chi connectivity index (χ4v) is 3.05. The Morgan fingerprint density at radius 3 is 2.55 bits per heavy atom. The van der Waals surface area contributed by atoms with Crippen LogP contribution >= 0.6 is 11.6 Å². The number of aryl methyl sites for hydroxylation is 1. The third kappa shape index (κ3) is 2.88. The van der Waals surface area contributed by atoms with Gasteiger partial charge in [-0.15, -0.1) is 0 Å². The maximum absolute atomic E-state index is 12.6. The fraction of sp³-hybridized carbons (Fsp3) is 0.412. The van der Waals surface area contributed by atoms with Crippen molar-refractivity contribution < 1.29 is 14.7 Å². The zero-order valence-corrected chi connectivity index (χ0v) is 13.8. The number of Topliss-reactive ketones (excluding diaryl/α,β-unsaturated/α-hetero) is 2. The summed E-state index contributed by atoms with van der Waals surface area (Å²) in [5.74, 6) is -0.730. The lowest BCUT2D eigenvalue weighted by atomic mass is 9.96. The van der Waals surface area contributed by atoms with Crippen molar-refractivity contribution in [3.05, 3.63) is 45.8 Å². The van der Waals surface area contributed by atoms with Gasteiger partial charge >= 0.3 is 0 Å². The van der Waals surface area contributed by atoms with Gasteiger partial charge in [0.2, 0.25) is 5.78 Å². The summed E-state index contributed by atoms with van der Waals surface area (Å²) in [4.78, 5) is 26.4. The minimum atomic E-state index is -0.633. The van der Waals surface area contributed by atoms with E-state index in [1.54, 1.807) is 24.1 Å². The molecule has 0 saturated carbocycles. The molecule has 0 saturated heterocycles. The highest BCUT2D eigenvalue weighted by Crippen LogP contribution is 2.28. The minimum absolute atomic E-state index is 0.0379. The number of hydrogen-bond donors (Lipinski definition) is 1. The summed E-state index contributed by atoms with van der Waals surface area (Å²) in [5.41, 5.74) is 2.06. The van der Waals surface area contributed by atoms with Crippen molar-refractivity contribution in [1.82, 2.24) is 4.90 Å². The molecule has 1 N–H and O–H groups in total. The summed E-state index contributed by atoms with van der Waals surface area (Å²) in [6, 6.07) is 4.61. The zero-order chi connectivity index (χ0) is 16.4. The van der Waals surface area contributed by atoms with Gasteiger partial charge in [0.25, 0.3) is 0 Å². The molecule has 118 valence electrons. The van der Waals surface area contributed by atoms with Crippen LogP contribution in [0.2, 0.25) is 5.02 Å². The number of ketones is 2. The molecule has 1 aromatic rings. The molecule has 1 aliphatic heterocycles. The molecule has 0 radical (unpaired) electrons. The molecule has 2 rings (SSSR count). The Balaban J connectivity index is 2.24. The van der Waals surface area contributed by atoms with Gasteiger partial charge in [-0.05, 0) is 30.5 Å². The molecular formula is C17H20ClNO3. The molecule has 4 nitrogen and oxygen atoms in total. The third-order valence-corrected chi connectivity index (χ3v) is 4.40. The number of carbonyl (C=O) groups excluding carboxylic acids is 2. The molecule has 0 bridgehead atoms. The average Bonchev–Trinajstić information content (AvgIpc) is 2.70. The number of aliphatic hydroxyl groups excluding tert-OH is 1. The first-order chi connectivity index (χ1) is 10.4. The predicted octanol–water partition coefficient (Wildman–Crippen LogP) is 3.54. The molecule has 0 amide bonds. The second-order valence-electron chi connectivity index (χ2n) is 5.42. The van der Waals surface area contributed by atoms with Gasteiger partial charge in [0, 0.05) is 24.1 Å². The smallest absolute Gasteiger partial charge is 0.221 e. The highest BCUT2D eigenvalue weighted by atomic mass is 35.5. The number of likely N-dealkylation sites (N-methyl/N-ethyl adjacent to an activating group) is 1. The van der Waals surface area contributed by atoms with Crippen LogP contribution in [-0.2, 0) is 11.2 Å². The Morgan fingerprint density at radius 2 is 2.00 bits per heavy atom. The number of allylic oxidation sites excluding steroid dienone is 1. The molecule has 0 aliphatic carbocycles. The van der Waals surface area contributed by atoms with E-state index in [2.05, 4.69) is 0 Å². The van der Waals surface area contributed by atoms with Crippen molar-refractivity contribution in [1.29, 1.82) is 0 Å². The molecule has 5 heteroatoms. The lowest BCUT2D eigenvalue weighted by molar-refractivity contribution is -0.120. The van der Waals surface area contributed by atoms with E-state index in [1.807, 2.05) is 19.9 Å². The maximum Gasteiger partial charge on any atom is 0.221 e. The van der Waals surface area contributed by atoms with Gasteiger partial charge in [0.05, 0.1) is 5.70 Å². The second kappa shape index (κ2) is 6.53. The molecule has 1 unspecified atom stereocenters. The molecule has 1 aliphatic rings. The van der Waals surface area contributed by atoms with Crippen LogP contribution in [0.15, 0.2) is 29.7 Å². The first-order valence-electron chi connectivity index (χ1n) is 7.41. The number of carbonyl (C=O) groups is 2. The topological polar surface area (TPSA) is 57.6 Å². The summed E-state index contributed by atoms with van der Waals surface area (Å²) in [6.07, 6.45) is 1.31. The van der Waals surface area contributed by atoms with Gasteiger partial charge in [-0.3, -0.25) is 9.59 Å². The number of rotatable bonds is 5. The summed E-state index contributed by atoms with van der Waals surface area (Å²) in [5, 5.41) is 10.4. The van der Waals surface area contributed by atoms with Crippen LogP contribution in [-0.4, -0.2) is 34.7 Å². The van der Waals surface area contributed by atoms with E-state index in [9.17, 15) is 14.7 Å². The average molecular weight is 322 g/mol. The summed E-state index contributed by atoms with van der Waals surface area (Å²) < 4.78 is 0. The van der Waals surface area contributed by atoms with Crippen LogP contribution in [0.1, 0.15) is 42.6 Å². The van der Waals surface area contributed by atoms with Gasteiger partial charge < -0.3 is 10.0 Å². The predicted molar refractivity (Wildman–Crippen MR) is 86.3 cm³/mol. The quantitative estimate of drug-likeness (QED) is 0.843. The highest BCUT2D eigenvalue weighted by molar-refractivity contribution is 6.31. The van der Waals surface area contributed by atoms with Crippen LogP contribution in [0, 0.1) is 0 Å². The highest BCUT2D eigenvalue weighted by Gasteiger charge is 2.38. The van der Waals surface area contributed by atoms with Crippen molar-refractivity contribution in [2.45, 2.75) is 39.2 Å². The SMILES string of the molecule is CCC1=C(O)C(=O)C(CC(=O)c2cc(Cl)ccc2CC)N1C. The number of halogens is 1. The van der Waals surface area contributed by atoms with Crippen molar-refractivity contribution in [2.75, 3.05) is 7.05 Å². The van der Waals surface area contributed by atoms with Gasteiger partial charge in [-0.25, -0.2) is 0 Å². The fourth-order valence-electron chi connectivity index (χ4n) is 2.88. The Labute approximate surface area is 135 Å². The largest absolute Gasteiger partial charge is 0.503 e. The molecule has 22 heavy (non-hydrogen) atoms. The first kappa shape index (κ1) is 16.6. The van der Waals surface area contributed by atoms with E-state index < -0.39 is 6.04 Å². The van der Waals surface area contributed by atoms with Crippen molar-refractivity contribution in [3.8, 4) is 0 Å². The first-order valence-corrected chi connectivity index (χ1v) is 7.79. The molecule has 1 atom stereocenters. The Bertz CT molecular complexity index is 651. The van der Waals surface area contributed by atoms with E-state index in [1.165, 1.54) is 0 Å². The summed E-state index contributed by atoms with van der Waals surface area (Å²) in [6.45, 7) is 3.83. The second-order valence-corrected chi connectivity index (χ2v) is 5.86. The minimum Gasteiger partial charge on any atom is -0.503 e. The van der Waals surface area contributed by atoms with Crippen molar-refractivity contribution in [3.63, 3.8) is 0 Å². The standard InChI is InChI=1S/C17H20ClNO3/c1-4-10-6-7-11(18)8-12(10)15(20)9-14-17(22)16(21)13(5-2)19(14)3/h6-8,14,21H,4-5,9H2,1-3H3. The van der Waals surface area contributed by atoms with Crippen LogP contribution in [0.5, 0.6) is 0 Å². The van der Waals surface area contributed by atoms with E-state index in [0.29, 0.717) is 22.7 Å². The monoisotopic (exact) mass is 321 g/mol. The Hall–Kier alpha value is -1.81. The number of nitrogens with zero attached hydrogens (tertiary/aromatic N) is 1. The Morgan fingerprint density at radius 1 is 1.32 bits per heavy atom. The van der Waals surface area contributed by atoms with E-state index in [0.717, 1.165) is 12.0 Å². The van der Waals surface area contributed by atoms with Crippen molar-refractivity contribution >= 4 is 23.2 Å². The lowest BCUT2D eigenvalue weighted by Crippen LogP contribution is -2.33. The third-order valence-electron chi connectivity index (χ3n) is 4.17. The van der Waals surface area contributed by atoms with E-state index in [4.69, 9.17) is 11.6 Å². The maximum atomic E-state index is 12.6. The van der Waals surface area contributed by atoms with E-state index in [-0.39, 0.29) is 23.7 Å². The molecule has 0 spiro atoms. The summed E-state index contributed by atoms with van der Waals surface area (Å²) in [7, 11) is 1.73.